The zero-order valence-corrected chi connectivity index (χ0v) is 18.3. The predicted octanol–water partition coefficient (Wildman–Crippen LogP) is 5.12. The molecule has 0 aliphatic rings. The number of nitrogens with one attached hydrogen (secondary N) is 1. The maximum Gasteiger partial charge on any atom is 0.352 e. The van der Waals surface area contributed by atoms with Gasteiger partial charge < -0.3 is 19.7 Å². The molecule has 0 amide bonds. The highest BCUT2D eigenvalue weighted by Crippen LogP contribution is 2.27. The average Bonchev–Trinajstić information content (AvgIpc) is 3.12. The van der Waals surface area contributed by atoms with E-state index in [-0.39, 0.29) is 0 Å². The lowest BCUT2D eigenvalue weighted by Crippen LogP contribution is -2.19. The van der Waals surface area contributed by atoms with E-state index in [1.807, 2.05) is 78.2 Å². The van der Waals surface area contributed by atoms with Crippen LogP contribution in [-0.4, -0.2) is 28.8 Å². The van der Waals surface area contributed by atoms with Crippen molar-refractivity contribution in [2.75, 3.05) is 13.2 Å². The largest absolute Gasteiger partial charge is 0.494 e. The number of carboxylic acids is 1. The zero-order valence-electron chi connectivity index (χ0n) is 18.3. The maximum atomic E-state index is 12.3. The molecular formula is C27H28N2O3. The molecule has 4 aromatic rings. The highest BCUT2D eigenvalue weighted by molar-refractivity contribution is 5.98. The summed E-state index contributed by atoms with van der Waals surface area (Å²) >= 11 is 0. The van der Waals surface area contributed by atoms with Gasteiger partial charge in [-0.1, -0.05) is 60.7 Å². The lowest BCUT2D eigenvalue weighted by atomic mass is 10.1. The molecule has 0 unspecified atom stereocenters. The van der Waals surface area contributed by atoms with Gasteiger partial charge in [0.05, 0.1) is 6.61 Å². The Morgan fingerprint density at radius 2 is 1.66 bits per heavy atom. The first-order valence-corrected chi connectivity index (χ1v) is 11.0. The molecule has 1 aromatic heterocycles. The Labute approximate surface area is 188 Å². The van der Waals surface area contributed by atoms with Crippen LogP contribution in [0.25, 0.3) is 10.9 Å². The summed E-state index contributed by atoms with van der Waals surface area (Å²) in [4.78, 5) is 12.3. The number of carbonyl (C=O) groups is 1. The minimum Gasteiger partial charge on any atom is -0.494 e. The number of ether oxygens (including phenoxy) is 1. The van der Waals surface area contributed by atoms with Gasteiger partial charge in [-0.3, -0.25) is 0 Å². The fourth-order valence-electron chi connectivity index (χ4n) is 4.09. The van der Waals surface area contributed by atoms with E-state index in [4.69, 9.17) is 4.74 Å². The number of aromatic carboxylic acids is 1. The Balaban J connectivity index is 1.53. The van der Waals surface area contributed by atoms with Crippen LogP contribution in [-0.2, 0) is 19.5 Å². The molecule has 0 aliphatic carbocycles. The van der Waals surface area contributed by atoms with E-state index < -0.39 is 5.97 Å². The molecule has 0 spiro atoms. The molecule has 4 rings (SSSR count). The molecule has 0 aliphatic heterocycles. The van der Waals surface area contributed by atoms with Crippen molar-refractivity contribution in [3.63, 3.8) is 0 Å². The monoisotopic (exact) mass is 428 g/mol. The van der Waals surface area contributed by atoms with Crippen molar-refractivity contribution in [2.24, 2.45) is 0 Å². The summed E-state index contributed by atoms with van der Waals surface area (Å²) in [5, 5.41) is 14.5. The van der Waals surface area contributed by atoms with E-state index in [9.17, 15) is 9.90 Å². The molecule has 3 aromatic carbocycles. The second-order valence-corrected chi connectivity index (χ2v) is 7.72. The highest BCUT2D eigenvalue weighted by atomic mass is 16.5. The van der Waals surface area contributed by atoms with Gasteiger partial charge in [0.15, 0.2) is 0 Å². The Hall–Kier alpha value is -3.57. The molecule has 0 atom stereocenters. The van der Waals surface area contributed by atoms with Crippen molar-refractivity contribution >= 4 is 16.9 Å². The maximum absolute atomic E-state index is 12.3. The van der Waals surface area contributed by atoms with Crippen LogP contribution in [0.4, 0.5) is 0 Å². The Bertz CT molecular complexity index is 1180. The topological polar surface area (TPSA) is 63.5 Å². The SMILES string of the molecule is CCOc1ccc(CCNCc2c(C(=O)O)n(Cc3ccccc3)c3ccccc23)cc1. The molecule has 0 saturated carbocycles. The first kappa shape index (κ1) is 21.7. The van der Waals surface area contributed by atoms with Gasteiger partial charge in [0, 0.05) is 29.6 Å². The van der Waals surface area contributed by atoms with Gasteiger partial charge in [0.1, 0.15) is 11.4 Å². The Kier molecular flexibility index (Phi) is 6.87. The zero-order chi connectivity index (χ0) is 22.3. The molecule has 0 fully saturated rings. The quantitative estimate of drug-likeness (QED) is 0.344. The van der Waals surface area contributed by atoms with Gasteiger partial charge in [-0.25, -0.2) is 4.79 Å². The highest BCUT2D eigenvalue weighted by Gasteiger charge is 2.22. The third kappa shape index (κ3) is 4.84. The van der Waals surface area contributed by atoms with Gasteiger partial charge in [-0.05, 0) is 49.2 Å². The molecule has 164 valence electrons. The van der Waals surface area contributed by atoms with Crippen LogP contribution < -0.4 is 10.1 Å². The van der Waals surface area contributed by atoms with Gasteiger partial charge in [0.2, 0.25) is 0 Å². The third-order valence-corrected chi connectivity index (χ3v) is 5.59. The molecular weight excluding hydrogens is 400 g/mol. The van der Waals surface area contributed by atoms with Crippen molar-refractivity contribution < 1.29 is 14.6 Å². The number of hydrogen-bond donors (Lipinski definition) is 2. The normalized spacial score (nSPS) is 11.0. The standard InChI is InChI=1S/C27H28N2O3/c1-2-32-22-14-12-20(13-15-22)16-17-28-18-24-23-10-6-7-11-25(23)29(26(24)27(30)31)19-21-8-4-3-5-9-21/h3-15,28H,2,16-19H2,1H3,(H,30,31). The van der Waals surface area contributed by atoms with Crippen LogP contribution in [0.15, 0.2) is 78.9 Å². The first-order valence-electron chi connectivity index (χ1n) is 11.0. The number of para-hydroxylation sites is 1. The molecule has 5 nitrogen and oxygen atoms in total. The summed E-state index contributed by atoms with van der Waals surface area (Å²) in [5.41, 5.74) is 4.41. The number of rotatable bonds is 10. The molecule has 0 saturated heterocycles. The Morgan fingerprint density at radius 3 is 2.38 bits per heavy atom. The number of aromatic nitrogens is 1. The molecule has 0 radical (unpaired) electrons. The first-order chi connectivity index (χ1) is 15.7. The van der Waals surface area contributed by atoms with E-state index in [0.29, 0.717) is 25.4 Å². The lowest BCUT2D eigenvalue weighted by Gasteiger charge is -2.10. The summed E-state index contributed by atoms with van der Waals surface area (Å²) in [6.07, 6.45) is 0.859. The second kappa shape index (κ2) is 10.2. The van der Waals surface area contributed by atoms with E-state index in [1.165, 1.54) is 5.56 Å². The van der Waals surface area contributed by atoms with Crippen molar-refractivity contribution in [3.05, 3.63) is 101 Å². The van der Waals surface area contributed by atoms with Gasteiger partial charge in [-0.2, -0.15) is 0 Å². The fourth-order valence-corrected chi connectivity index (χ4v) is 4.09. The summed E-state index contributed by atoms with van der Waals surface area (Å²) < 4.78 is 7.41. The average molecular weight is 429 g/mol. The second-order valence-electron chi connectivity index (χ2n) is 7.72. The van der Waals surface area contributed by atoms with Crippen molar-refractivity contribution in [2.45, 2.75) is 26.4 Å². The van der Waals surface area contributed by atoms with Crippen LogP contribution in [0.1, 0.15) is 34.1 Å². The molecule has 32 heavy (non-hydrogen) atoms. The summed E-state index contributed by atoms with van der Waals surface area (Å²) in [5.74, 6) is -0.0259. The molecule has 0 bridgehead atoms. The van der Waals surface area contributed by atoms with E-state index in [0.717, 1.165) is 40.7 Å². The minimum absolute atomic E-state index is 0.351. The number of carboxylic acid groups (broad SMARTS) is 1. The number of benzene rings is 3. The van der Waals surface area contributed by atoms with E-state index in [1.54, 1.807) is 0 Å². The predicted molar refractivity (Wildman–Crippen MR) is 127 cm³/mol. The van der Waals surface area contributed by atoms with Crippen LogP contribution in [0.2, 0.25) is 0 Å². The van der Waals surface area contributed by atoms with E-state index >= 15 is 0 Å². The third-order valence-electron chi connectivity index (χ3n) is 5.59. The summed E-state index contributed by atoms with van der Waals surface area (Å²) in [6, 6.07) is 26.0. The van der Waals surface area contributed by atoms with Gasteiger partial charge in [0.25, 0.3) is 0 Å². The summed E-state index contributed by atoms with van der Waals surface area (Å²) in [6.45, 7) is 4.41. The lowest BCUT2D eigenvalue weighted by molar-refractivity contribution is 0.0684. The fraction of sp³-hybridized carbons (Fsp3) is 0.222. The van der Waals surface area contributed by atoms with Crippen LogP contribution in [0, 0.1) is 0 Å². The molecule has 5 heteroatoms. The van der Waals surface area contributed by atoms with Crippen molar-refractivity contribution in [1.29, 1.82) is 0 Å². The van der Waals surface area contributed by atoms with Crippen molar-refractivity contribution in [3.8, 4) is 5.75 Å². The smallest absolute Gasteiger partial charge is 0.352 e. The Morgan fingerprint density at radius 1 is 0.938 bits per heavy atom. The van der Waals surface area contributed by atoms with Crippen LogP contribution in [0.5, 0.6) is 5.75 Å². The number of nitrogens with zero attached hydrogens (tertiary/aromatic N) is 1. The van der Waals surface area contributed by atoms with Crippen molar-refractivity contribution in [1.82, 2.24) is 9.88 Å². The summed E-state index contributed by atoms with van der Waals surface area (Å²) in [7, 11) is 0. The van der Waals surface area contributed by atoms with Crippen LogP contribution >= 0.6 is 0 Å². The molecule has 1 heterocycles. The molecule has 2 N–H and O–H groups in total. The number of hydrogen-bond acceptors (Lipinski definition) is 3. The van der Waals surface area contributed by atoms with E-state index in [2.05, 4.69) is 17.4 Å². The number of fused-ring (bicyclic) bond motifs is 1. The minimum atomic E-state index is -0.902. The van der Waals surface area contributed by atoms with Gasteiger partial charge >= 0.3 is 5.97 Å². The van der Waals surface area contributed by atoms with Gasteiger partial charge in [-0.15, -0.1) is 0 Å². The van der Waals surface area contributed by atoms with Crippen LogP contribution in [0.3, 0.4) is 0 Å².